The molecule has 0 aliphatic heterocycles. The molecule has 0 saturated carbocycles. The second kappa shape index (κ2) is 12.4. The average molecular weight is 590 g/mol. The van der Waals surface area contributed by atoms with Gasteiger partial charge in [-0.1, -0.05) is 66.7 Å². The summed E-state index contributed by atoms with van der Waals surface area (Å²) in [7, 11) is 0. The van der Waals surface area contributed by atoms with Gasteiger partial charge in [0.15, 0.2) is 5.13 Å². The Morgan fingerprint density at radius 2 is 1.48 bits per heavy atom. The van der Waals surface area contributed by atoms with Crippen molar-refractivity contribution in [1.82, 2.24) is 4.98 Å². The van der Waals surface area contributed by atoms with Gasteiger partial charge in [-0.05, 0) is 70.9 Å². The van der Waals surface area contributed by atoms with Crippen LogP contribution in [0.5, 0.6) is 0 Å². The molecule has 1 atom stereocenters. The molecule has 0 spiro atoms. The van der Waals surface area contributed by atoms with Crippen LogP contribution < -0.4 is 10.6 Å². The van der Waals surface area contributed by atoms with Crippen LogP contribution in [0.15, 0.2) is 132 Å². The van der Waals surface area contributed by atoms with Crippen LogP contribution in [0, 0.1) is 5.82 Å². The molecule has 0 radical (unpaired) electrons. The van der Waals surface area contributed by atoms with Crippen LogP contribution in [0.1, 0.15) is 21.2 Å². The first-order valence-electron chi connectivity index (χ1n) is 13.2. The number of halogens is 1. The number of rotatable bonds is 8. The maximum Gasteiger partial charge on any atom is 0.255 e. The molecule has 42 heavy (non-hydrogen) atoms. The standard InChI is InChI=1S/C34H24FN3O2S2/c35-27-14-12-24(13-15-27)32(39)36-28-16-18-29(19-17-28)42-31(23-7-2-1-3-8-23)33(40)38-34-37-30(21-41-34)26-11-10-22-6-4-5-9-25(22)20-26/h1-21,31H,(H,36,39)(H,37,38,40). The zero-order valence-electron chi connectivity index (χ0n) is 22.2. The highest BCUT2D eigenvalue weighted by Gasteiger charge is 2.23. The molecule has 5 nitrogen and oxygen atoms in total. The van der Waals surface area contributed by atoms with Crippen LogP contribution in [-0.4, -0.2) is 16.8 Å². The van der Waals surface area contributed by atoms with Crippen molar-refractivity contribution >= 4 is 56.5 Å². The number of hydrogen-bond acceptors (Lipinski definition) is 5. The van der Waals surface area contributed by atoms with Crippen LogP contribution >= 0.6 is 23.1 Å². The van der Waals surface area contributed by atoms with Gasteiger partial charge in [-0.25, -0.2) is 9.37 Å². The summed E-state index contributed by atoms with van der Waals surface area (Å²) >= 11 is 2.80. The lowest BCUT2D eigenvalue weighted by atomic mass is 10.1. The van der Waals surface area contributed by atoms with Gasteiger partial charge in [0.25, 0.3) is 5.91 Å². The van der Waals surface area contributed by atoms with Gasteiger partial charge in [-0.3, -0.25) is 9.59 Å². The highest BCUT2D eigenvalue weighted by molar-refractivity contribution is 8.00. The van der Waals surface area contributed by atoms with E-state index in [0.717, 1.165) is 32.5 Å². The van der Waals surface area contributed by atoms with Crippen molar-refractivity contribution in [3.05, 3.63) is 144 Å². The zero-order valence-corrected chi connectivity index (χ0v) is 23.8. The summed E-state index contributed by atoms with van der Waals surface area (Å²) in [5, 5.41) is 10.1. The second-order valence-corrected chi connectivity index (χ2v) is 11.5. The number of anilines is 2. The number of hydrogen-bond donors (Lipinski definition) is 2. The van der Waals surface area contributed by atoms with E-state index in [2.05, 4.69) is 34.9 Å². The third-order valence-electron chi connectivity index (χ3n) is 6.59. The summed E-state index contributed by atoms with van der Waals surface area (Å²) in [6.45, 7) is 0. The van der Waals surface area contributed by atoms with Gasteiger partial charge in [-0.2, -0.15) is 0 Å². The predicted molar refractivity (Wildman–Crippen MR) is 170 cm³/mol. The van der Waals surface area contributed by atoms with Crippen molar-refractivity contribution in [2.45, 2.75) is 10.1 Å². The fourth-order valence-electron chi connectivity index (χ4n) is 4.44. The van der Waals surface area contributed by atoms with E-state index < -0.39 is 11.1 Å². The highest BCUT2D eigenvalue weighted by Crippen LogP contribution is 2.37. The van der Waals surface area contributed by atoms with Gasteiger partial charge in [0.05, 0.1) is 5.69 Å². The molecule has 0 aliphatic rings. The van der Waals surface area contributed by atoms with E-state index >= 15 is 0 Å². The minimum atomic E-state index is -0.529. The molecule has 6 rings (SSSR count). The number of amides is 2. The van der Waals surface area contributed by atoms with Crippen molar-refractivity contribution in [2.24, 2.45) is 0 Å². The van der Waals surface area contributed by atoms with E-state index in [4.69, 9.17) is 4.98 Å². The summed E-state index contributed by atoms with van der Waals surface area (Å²) in [6, 6.07) is 36.6. The predicted octanol–water partition coefficient (Wildman–Crippen LogP) is 8.83. The molecule has 0 aliphatic carbocycles. The minimum absolute atomic E-state index is 0.181. The number of nitrogens with one attached hydrogen (secondary N) is 2. The first kappa shape index (κ1) is 27.4. The lowest BCUT2D eigenvalue weighted by molar-refractivity contribution is -0.115. The van der Waals surface area contributed by atoms with E-state index in [1.54, 1.807) is 12.1 Å². The Balaban J connectivity index is 1.16. The fourth-order valence-corrected chi connectivity index (χ4v) is 6.19. The quantitative estimate of drug-likeness (QED) is 0.174. The van der Waals surface area contributed by atoms with Gasteiger partial charge in [0, 0.05) is 27.1 Å². The molecular formula is C34H24FN3O2S2. The lowest BCUT2D eigenvalue weighted by Gasteiger charge is -2.16. The first-order chi connectivity index (χ1) is 20.5. The molecule has 0 fully saturated rings. The van der Waals surface area contributed by atoms with E-state index in [0.29, 0.717) is 16.4 Å². The Bertz CT molecular complexity index is 1860. The number of thioether (sulfide) groups is 1. The van der Waals surface area contributed by atoms with Crippen molar-refractivity contribution in [2.75, 3.05) is 10.6 Å². The van der Waals surface area contributed by atoms with Gasteiger partial charge >= 0.3 is 0 Å². The van der Waals surface area contributed by atoms with E-state index in [1.807, 2.05) is 66.0 Å². The minimum Gasteiger partial charge on any atom is -0.322 e. The van der Waals surface area contributed by atoms with E-state index in [1.165, 1.54) is 47.4 Å². The summed E-state index contributed by atoms with van der Waals surface area (Å²) in [6.07, 6.45) is 0. The van der Waals surface area contributed by atoms with Crippen molar-refractivity contribution in [3.8, 4) is 11.3 Å². The Morgan fingerprint density at radius 1 is 0.762 bits per heavy atom. The van der Waals surface area contributed by atoms with E-state index in [-0.39, 0.29) is 11.8 Å². The van der Waals surface area contributed by atoms with Crippen LogP contribution in [-0.2, 0) is 4.79 Å². The molecule has 0 bridgehead atoms. The molecule has 1 heterocycles. The molecule has 206 valence electrons. The Kier molecular flexibility index (Phi) is 8.07. The number of fused-ring (bicyclic) bond motifs is 1. The molecule has 1 unspecified atom stereocenters. The molecule has 2 N–H and O–H groups in total. The van der Waals surface area contributed by atoms with Crippen LogP contribution in [0.3, 0.4) is 0 Å². The SMILES string of the molecule is O=C(Nc1ccc(SC(C(=O)Nc2nc(-c3ccc4ccccc4c3)cs2)c2ccccc2)cc1)c1ccc(F)cc1. The summed E-state index contributed by atoms with van der Waals surface area (Å²) in [4.78, 5) is 31.6. The fraction of sp³-hybridized carbons (Fsp3) is 0.0294. The molecule has 8 heteroatoms. The van der Waals surface area contributed by atoms with Crippen molar-refractivity contribution in [3.63, 3.8) is 0 Å². The van der Waals surface area contributed by atoms with Crippen LogP contribution in [0.2, 0.25) is 0 Å². The normalized spacial score (nSPS) is 11.6. The molecule has 2 amide bonds. The largest absolute Gasteiger partial charge is 0.322 e. The smallest absolute Gasteiger partial charge is 0.255 e. The number of benzene rings is 5. The van der Waals surface area contributed by atoms with Gasteiger partial charge in [-0.15, -0.1) is 23.1 Å². The van der Waals surface area contributed by atoms with Gasteiger partial charge in [0.1, 0.15) is 11.1 Å². The number of aromatic nitrogens is 1. The monoisotopic (exact) mass is 589 g/mol. The molecule has 6 aromatic rings. The first-order valence-corrected chi connectivity index (χ1v) is 14.9. The summed E-state index contributed by atoms with van der Waals surface area (Å²) in [5.41, 5.74) is 3.62. The highest BCUT2D eigenvalue weighted by atomic mass is 32.2. The third kappa shape index (κ3) is 6.40. The lowest BCUT2D eigenvalue weighted by Crippen LogP contribution is -2.19. The molecule has 0 saturated heterocycles. The van der Waals surface area contributed by atoms with Gasteiger partial charge in [0.2, 0.25) is 5.91 Å². The maximum atomic E-state index is 13.6. The maximum absolute atomic E-state index is 13.6. The molecule has 1 aromatic heterocycles. The van der Waals surface area contributed by atoms with Gasteiger partial charge < -0.3 is 10.6 Å². The number of carbonyl (C=O) groups excluding carboxylic acids is 2. The molecule has 5 aromatic carbocycles. The summed E-state index contributed by atoms with van der Waals surface area (Å²) in [5.74, 6) is -0.909. The number of nitrogens with zero attached hydrogens (tertiary/aromatic N) is 1. The third-order valence-corrected chi connectivity index (χ3v) is 8.62. The second-order valence-electron chi connectivity index (χ2n) is 9.48. The average Bonchev–Trinajstić information content (AvgIpc) is 3.49. The Hall–Kier alpha value is -4.79. The van der Waals surface area contributed by atoms with Crippen LogP contribution in [0.25, 0.3) is 22.0 Å². The Labute approximate surface area is 250 Å². The van der Waals surface area contributed by atoms with Crippen molar-refractivity contribution in [1.29, 1.82) is 0 Å². The number of thiazole rings is 1. The summed E-state index contributed by atoms with van der Waals surface area (Å²) < 4.78 is 13.2. The molecular weight excluding hydrogens is 566 g/mol. The van der Waals surface area contributed by atoms with E-state index in [9.17, 15) is 14.0 Å². The van der Waals surface area contributed by atoms with Crippen molar-refractivity contribution < 1.29 is 14.0 Å². The zero-order chi connectivity index (χ0) is 28.9. The van der Waals surface area contributed by atoms with Crippen LogP contribution in [0.4, 0.5) is 15.2 Å². The Morgan fingerprint density at radius 3 is 2.24 bits per heavy atom. The topological polar surface area (TPSA) is 71.1 Å². The number of carbonyl (C=O) groups is 2.